The third-order valence-electron chi connectivity index (χ3n) is 5.35. The molecule has 3 aliphatic heterocycles. The van der Waals surface area contributed by atoms with Gasteiger partial charge in [-0.3, -0.25) is 4.79 Å². The number of methoxy groups -OCH3 is 1. The summed E-state index contributed by atoms with van der Waals surface area (Å²) in [4.78, 5) is 23.2. The van der Waals surface area contributed by atoms with E-state index in [1.54, 1.807) is 6.08 Å². The molecule has 0 unspecified atom stereocenters. The molecule has 2 saturated heterocycles. The summed E-state index contributed by atoms with van der Waals surface area (Å²) < 4.78 is 31.9. The van der Waals surface area contributed by atoms with Gasteiger partial charge in [-0.25, -0.2) is 4.79 Å². The molecule has 0 amide bonds. The van der Waals surface area contributed by atoms with Crippen LogP contribution in [0.15, 0.2) is 24.5 Å². The number of carbonyl (C=O) groups excluding carboxylic acids is 2. The number of fused-ring (bicyclic) bond motifs is 1. The second-order valence-corrected chi connectivity index (χ2v) is 7.26. The summed E-state index contributed by atoms with van der Waals surface area (Å²) in [5, 5.41) is 30.5. The fourth-order valence-corrected chi connectivity index (χ4v) is 3.68. The molecule has 0 saturated carbocycles. The van der Waals surface area contributed by atoms with Gasteiger partial charge in [-0.15, -0.1) is 6.58 Å². The van der Waals surface area contributed by atoms with Crippen LogP contribution in [0.1, 0.15) is 13.3 Å². The van der Waals surface area contributed by atoms with E-state index >= 15 is 0 Å². The molecular formula is C19H26O11. The zero-order valence-corrected chi connectivity index (χ0v) is 16.6. The number of hydrogen-bond donors (Lipinski definition) is 3. The zero-order valence-electron chi connectivity index (χ0n) is 16.6. The summed E-state index contributed by atoms with van der Waals surface area (Å²) in [6, 6.07) is 0. The van der Waals surface area contributed by atoms with Crippen LogP contribution in [0.2, 0.25) is 0 Å². The maximum atomic E-state index is 12.2. The van der Waals surface area contributed by atoms with Gasteiger partial charge in [-0.05, 0) is 0 Å². The lowest BCUT2D eigenvalue weighted by atomic mass is 9.80. The van der Waals surface area contributed by atoms with Crippen LogP contribution in [0.5, 0.6) is 0 Å². The van der Waals surface area contributed by atoms with E-state index in [1.807, 2.05) is 0 Å². The quantitative estimate of drug-likeness (QED) is 0.350. The largest absolute Gasteiger partial charge is 0.471 e. The van der Waals surface area contributed by atoms with Crippen LogP contribution in [0.4, 0.5) is 0 Å². The molecular weight excluding hydrogens is 404 g/mol. The first-order chi connectivity index (χ1) is 14.3. The predicted octanol–water partition coefficient (Wildman–Crippen LogP) is -1.05. The van der Waals surface area contributed by atoms with Crippen molar-refractivity contribution in [2.24, 2.45) is 11.8 Å². The van der Waals surface area contributed by atoms with E-state index in [2.05, 4.69) is 6.58 Å². The van der Waals surface area contributed by atoms with Crippen molar-refractivity contribution in [3.8, 4) is 0 Å². The maximum absolute atomic E-state index is 12.2. The van der Waals surface area contributed by atoms with Gasteiger partial charge in [-0.2, -0.15) is 0 Å². The van der Waals surface area contributed by atoms with E-state index in [0.717, 1.165) is 0 Å². The molecule has 2 fully saturated rings. The first-order valence-corrected chi connectivity index (χ1v) is 9.47. The van der Waals surface area contributed by atoms with Gasteiger partial charge >= 0.3 is 11.9 Å². The van der Waals surface area contributed by atoms with E-state index in [-0.39, 0.29) is 12.5 Å². The van der Waals surface area contributed by atoms with Crippen molar-refractivity contribution in [1.82, 2.24) is 0 Å². The minimum absolute atomic E-state index is 0.307. The van der Waals surface area contributed by atoms with Crippen molar-refractivity contribution in [1.29, 1.82) is 0 Å². The Morgan fingerprint density at radius 3 is 2.63 bits per heavy atom. The second-order valence-electron chi connectivity index (χ2n) is 7.26. The van der Waals surface area contributed by atoms with Crippen LogP contribution in [0.3, 0.4) is 0 Å². The number of aliphatic hydroxyl groups excluding tert-OH is 3. The Morgan fingerprint density at radius 2 is 2.00 bits per heavy atom. The Balaban J connectivity index is 1.74. The molecule has 3 heterocycles. The highest BCUT2D eigenvalue weighted by Gasteiger charge is 2.49. The Bertz CT molecular complexity index is 692. The van der Waals surface area contributed by atoms with Crippen molar-refractivity contribution < 1.29 is 53.3 Å². The van der Waals surface area contributed by atoms with E-state index in [4.69, 9.17) is 28.4 Å². The highest BCUT2D eigenvalue weighted by Crippen LogP contribution is 2.40. The molecule has 0 radical (unpaired) electrons. The average Bonchev–Trinajstić information content (AvgIpc) is 2.72. The fourth-order valence-electron chi connectivity index (χ4n) is 3.68. The molecule has 11 heteroatoms. The first kappa shape index (κ1) is 22.7. The molecule has 30 heavy (non-hydrogen) atoms. The van der Waals surface area contributed by atoms with Gasteiger partial charge in [0.2, 0.25) is 12.6 Å². The van der Waals surface area contributed by atoms with Crippen LogP contribution in [-0.2, 0) is 38.0 Å². The van der Waals surface area contributed by atoms with E-state index < -0.39 is 61.1 Å². The third-order valence-corrected chi connectivity index (χ3v) is 5.35. The van der Waals surface area contributed by atoms with E-state index in [1.165, 1.54) is 20.3 Å². The molecule has 11 nitrogen and oxygen atoms in total. The van der Waals surface area contributed by atoms with Gasteiger partial charge in [0, 0.05) is 32.3 Å². The monoisotopic (exact) mass is 430 g/mol. The summed E-state index contributed by atoms with van der Waals surface area (Å²) in [6.07, 6.45) is -5.87. The molecule has 0 aromatic heterocycles. The number of cyclic esters (lactones) is 1. The molecule has 0 aromatic carbocycles. The zero-order chi connectivity index (χ0) is 22.0. The minimum Gasteiger partial charge on any atom is -0.471 e. The lowest BCUT2D eigenvalue weighted by Crippen LogP contribution is -2.60. The van der Waals surface area contributed by atoms with Crippen LogP contribution in [0, 0.1) is 11.8 Å². The summed E-state index contributed by atoms with van der Waals surface area (Å²) in [7, 11) is 1.42. The number of hydrogen-bond acceptors (Lipinski definition) is 11. The smallest absolute Gasteiger partial charge is 0.339 e. The second kappa shape index (κ2) is 9.41. The Labute approximate surface area is 172 Å². The lowest BCUT2D eigenvalue weighted by Gasteiger charge is -2.44. The molecule has 0 spiro atoms. The van der Waals surface area contributed by atoms with Gasteiger partial charge in [0.05, 0.1) is 11.8 Å². The highest BCUT2D eigenvalue weighted by atomic mass is 16.8. The van der Waals surface area contributed by atoms with Gasteiger partial charge in [-0.1, -0.05) is 6.08 Å². The summed E-state index contributed by atoms with van der Waals surface area (Å²) in [5.74, 6) is -2.07. The molecule has 168 valence electrons. The third kappa shape index (κ3) is 4.51. The average molecular weight is 430 g/mol. The fraction of sp³-hybridized carbons (Fsp3) is 0.684. The number of rotatable bonds is 6. The van der Waals surface area contributed by atoms with Crippen molar-refractivity contribution in [3.05, 3.63) is 24.5 Å². The normalized spacial score (nSPS) is 41.0. The molecule has 9 atom stereocenters. The summed E-state index contributed by atoms with van der Waals surface area (Å²) in [5.41, 5.74) is 0.307. The Morgan fingerprint density at radius 1 is 1.27 bits per heavy atom. The van der Waals surface area contributed by atoms with E-state index in [9.17, 15) is 24.9 Å². The molecule has 0 aromatic rings. The van der Waals surface area contributed by atoms with Crippen molar-refractivity contribution in [3.63, 3.8) is 0 Å². The van der Waals surface area contributed by atoms with Crippen molar-refractivity contribution in [2.75, 3.05) is 13.7 Å². The number of esters is 2. The Kier molecular flexibility index (Phi) is 7.11. The highest BCUT2D eigenvalue weighted by molar-refractivity contribution is 5.89. The number of aliphatic hydroxyl groups is 3. The van der Waals surface area contributed by atoms with Crippen molar-refractivity contribution in [2.45, 2.75) is 56.6 Å². The van der Waals surface area contributed by atoms with Crippen LogP contribution >= 0.6 is 0 Å². The lowest BCUT2D eigenvalue weighted by molar-refractivity contribution is -0.340. The molecule has 0 aliphatic carbocycles. The maximum Gasteiger partial charge on any atom is 0.339 e. The van der Waals surface area contributed by atoms with Gasteiger partial charge in [0.25, 0.3) is 0 Å². The van der Waals surface area contributed by atoms with Gasteiger partial charge < -0.3 is 43.7 Å². The molecule has 3 rings (SSSR count). The topological polar surface area (TPSA) is 150 Å². The van der Waals surface area contributed by atoms with Crippen molar-refractivity contribution >= 4 is 11.9 Å². The summed E-state index contributed by atoms with van der Waals surface area (Å²) in [6.45, 7) is 4.62. The van der Waals surface area contributed by atoms with Gasteiger partial charge in [0.1, 0.15) is 31.0 Å². The molecule has 3 N–H and O–H groups in total. The Hall–Kier alpha value is -2.02. The van der Waals surface area contributed by atoms with E-state index in [0.29, 0.717) is 12.0 Å². The molecule has 0 bridgehead atoms. The van der Waals surface area contributed by atoms with Crippen LogP contribution in [0.25, 0.3) is 0 Å². The predicted molar refractivity (Wildman–Crippen MR) is 96.0 cm³/mol. The standard InChI is InChI=1S/C19H26O11/c1-4-9-10-5-13(25-3)29-17(24)11(10)6-27-18(9)30-19-16(23)15(22)14(21)12(28-19)7-26-8(2)20/h4,6,9-10,12-16,18-19,21-23H,1,5,7H2,2-3H3/t9-,10+,12-,13-,14-,15+,16-,18+,19+/m1/s1. The number of ether oxygens (including phenoxy) is 6. The first-order valence-electron chi connectivity index (χ1n) is 9.47. The van der Waals surface area contributed by atoms with Gasteiger partial charge in [0.15, 0.2) is 6.29 Å². The van der Waals surface area contributed by atoms with Crippen LogP contribution in [-0.4, -0.2) is 84.3 Å². The SMILES string of the molecule is C=C[C@H]1[C@H](O[C@@H]2O[C@H](COC(C)=O)[C@@H](O)[C@H](O)[C@H]2O)OC=C2C(=O)O[C@@H](OC)C[C@H]21. The van der Waals surface area contributed by atoms with Crippen LogP contribution < -0.4 is 0 Å². The number of carbonyl (C=O) groups is 2. The minimum atomic E-state index is -1.61. The summed E-state index contributed by atoms with van der Waals surface area (Å²) >= 11 is 0. The molecule has 3 aliphatic rings.